The van der Waals surface area contributed by atoms with Gasteiger partial charge in [-0.3, -0.25) is 0 Å². The molecule has 0 aliphatic heterocycles. The van der Waals surface area contributed by atoms with Crippen molar-refractivity contribution in [2.45, 2.75) is 6.92 Å². The van der Waals surface area contributed by atoms with Crippen LogP contribution in [0.4, 0.5) is 0 Å². The molecule has 1 aromatic carbocycles. The third-order valence-corrected chi connectivity index (χ3v) is 3.43. The molecule has 14 heavy (non-hydrogen) atoms. The van der Waals surface area contributed by atoms with E-state index in [1.807, 2.05) is 18.3 Å². The van der Waals surface area contributed by atoms with E-state index in [0.717, 1.165) is 21.0 Å². The van der Waals surface area contributed by atoms with E-state index >= 15 is 0 Å². The van der Waals surface area contributed by atoms with E-state index in [2.05, 4.69) is 24.0 Å². The first-order valence-corrected chi connectivity index (χ1v) is 5.95. The van der Waals surface area contributed by atoms with Crippen LogP contribution in [0.3, 0.4) is 0 Å². The van der Waals surface area contributed by atoms with Gasteiger partial charge in [0, 0.05) is 22.7 Å². The van der Waals surface area contributed by atoms with Gasteiger partial charge in [0.1, 0.15) is 0 Å². The molecule has 0 bridgehead atoms. The third-order valence-electron chi connectivity index (χ3n) is 2.08. The van der Waals surface area contributed by atoms with Gasteiger partial charge in [-0.05, 0) is 11.8 Å². The van der Waals surface area contributed by atoms with Crippen molar-refractivity contribution in [2.24, 2.45) is 0 Å². The van der Waals surface area contributed by atoms with Gasteiger partial charge in [-0.2, -0.15) is 0 Å². The van der Waals surface area contributed by atoms with Crippen molar-refractivity contribution in [3.05, 3.63) is 36.0 Å². The normalized spacial score (nSPS) is 10.6. The van der Waals surface area contributed by atoms with Gasteiger partial charge in [0.15, 0.2) is 0 Å². The molecule has 1 N–H and O–H groups in total. The second-order valence-electron chi connectivity index (χ2n) is 2.97. The van der Waals surface area contributed by atoms with Crippen molar-refractivity contribution < 1.29 is 0 Å². The largest absolute Gasteiger partial charge is 0.360 e. The highest BCUT2D eigenvalue weighted by atomic mass is 32.2. The molecule has 0 spiro atoms. The van der Waals surface area contributed by atoms with Crippen molar-refractivity contribution in [3.63, 3.8) is 0 Å². The number of aromatic amines is 1. The molecule has 72 valence electrons. The molecule has 0 fully saturated rings. The van der Waals surface area contributed by atoms with Gasteiger partial charge in [0.25, 0.3) is 0 Å². The van der Waals surface area contributed by atoms with Crippen molar-refractivity contribution >= 4 is 39.1 Å². The number of hydrogen-bond acceptors (Lipinski definition) is 2. The van der Waals surface area contributed by atoms with Crippen LogP contribution in [0.25, 0.3) is 10.9 Å². The van der Waals surface area contributed by atoms with Crippen molar-refractivity contribution in [1.29, 1.82) is 0 Å². The third kappa shape index (κ3) is 1.70. The minimum absolute atomic E-state index is 0.977. The lowest BCUT2D eigenvalue weighted by Crippen LogP contribution is -1.89. The molecule has 0 saturated heterocycles. The summed E-state index contributed by atoms with van der Waals surface area (Å²) in [5, 5.41) is 1.22. The highest BCUT2D eigenvalue weighted by Crippen LogP contribution is 2.22. The molecule has 0 aliphatic rings. The molecule has 2 aromatic rings. The predicted octanol–water partition coefficient (Wildman–Crippen LogP) is 3.60. The molecule has 2 rings (SSSR count). The zero-order valence-corrected chi connectivity index (χ0v) is 9.54. The molecular weight excluding hydrogens is 210 g/mol. The van der Waals surface area contributed by atoms with Gasteiger partial charge < -0.3 is 4.98 Å². The zero-order valence-electron chi connectivity index (χ0n) is 7.91. The summed E-state index contributed by atoms with van der Waals surface area (Å²) in [6.45, 7) is 2.12. The number of thiocarbonyl (C=S) groups is 1. The predicted molar refractivity (Wildman–Crippen MR) is 68.1 cm³/mol. The Morgan fingerprint density at radius 1 is 1.43 bits per heavy atom. The topological polar surface area (TPSA) is 15.8 Å². The van der Waals surface area contributed by atoms with Gasteiger partial charge in [0.2, 0.25) is 0 Å². The lowest BCUT2D eigenvalue weighted by atomic mass is 10.2. The molecular formula is C11H11NS2. The Morgan fingerprint density at radius 2 is 2.21 bits per heavy atom. The average molecular weight is 221 g/mol. The molecule has 0 unspecified atom stereocenters. The van der Waals surface area contributed by atoms with Crippen molar-refractivity contribution in [2.75, 3.05) is 5.75 Å². The van der Waals surface area contributed by atoms with Crippen LogP contribution in [0.15, 0.2) is 30.5 Å². The quantitative estimate of drug-likeness (QED) is 0.780. The molecule has 0 radical (unpaired) electrons. The van der Waals surface area contributed by atoms with Gasteiger partial charge in [0.05, 0.1) is 4.20 Å². The highest BCUT2D eigenvalue weighted by Gasteiger charge is 2.06. The van der Waals surface area contributed by atoms with Crippen LogP contribution in [0.2, 0.25) is 0 Å². The van der Waals surface area contributed by atoms with Gasteiger partial charge in [-0.25, -0.2) is 0 Å². The molecule has 1 nitrogen and oxygen atoms in total. The van der Waals surface area contributed by atoms with Crippen LogP contribution >= 0.6 is 24.0 Å². The minimum Gasteiger partial charge on any atom is -0.360 e. The highest BCUT2D eigenvalue weighted by molar-refractivity contribution is 8.23. The summed E-state index contributed by atoms with van der Waals surface area (Å²) >= 11 is 7.06. The van der Waals surface area contributed by atoms with Gasteiger partial charge in [-0.1, -0.05) is 37.3 Å². The monoisotopic (exact) mass is 221 g/mol. The van der Waals surface area contributed by atoms with Crippen LogP contribution in [0.5, 0.6) is 0 Å². The van der Waals surface area contributed by atoms with Crippen molar-refractivity contribution in [3.8, 4) is 0 Å². The Labute approximate surface area is 92.9 Å². The maximum absolute atomic E-state index is 5.34. The number of hydrogen-bond donors (Lipinski definition) is 1. The summed E-state index contributed by atoms with van der Waals surface area (Å²) in [5.74, 6) is 1.03. The average Bonchev–Trinajstić information content (AvgIpc) is 2.61. The fourth-order valence-electron chi connectivity index (χ4n) is 1.45. The van der Waals surface area contributed by atoms with E-state index in [9.17, 15) is 0 Å². The van der Waals surface area contributed by atoms with E-state index in [1.165, 1.54) is 5.39 Å². The van der Waals surface area contributed by atoms with Gasteiger partial charge in [-0.15, -0.1) is 11.8 Å². The molecule has 0 atom stereocenters. The summed E-state index contributed by atoms with van der Waals surface area (Å²) in [4.78, 5) is 3.23. The Morgan fingerprint density at radius 3 is 3.00 bits per heavy atom. The van der Waals surface area contributed by atoms with Gasteiger partial charge >= 0.3 is 0 Å². The Bertz CT molecular complexity index is 459. The van der Waals surface area contributed by atoms with E-state index < -0.39 is 0 Å². The lowest BCUT2D eigenvalue weighted by molar-refractivity contribution is 1.47. The molecule has 0 saturated carbocycles. The second-order valence-corrected chi connectivity index (χ2v) is 4.91. The number of nitrogens with one attached hydrogen (secondary N) is 1. The smallest absolute Gasteiger partial charge is 0.0799 e. The molecule has 0 aliphatic carbocycles. The Kier molecular flexibility index (Phi) is 2.89. The van der Waals surface area contributed by atoms with Crippen LogP contribution in [-0.2, 0) is 0 Å². The number of benzene rings is 1. The first-order valence-electron chi connectivity index (χ1n) is 4.56. The summed E-state index contributed by atoms with van der Waals surface area (Å²) < 4.78 is 0.977. The first kappa shape index (κ1) is 9.74. The summed E-state index contributed by atoms with van der Waals surface area (Å²) in [7, 11) is 0. The number of thioether (sulfide) groups is 1. The van der Waals surface area contributed by atoms with E-state index in [4.69, 9.17) is 12.2 Å². The molecule has 3 heteroatoms. The SMILES string of the molecule is CCSC(=S)c1c[nH]c2ccccc12. The molecule has 1 heterocycles. The Balaban J connectivity index is 2.47. The summed E-state index contributed by atoms with van der Waals surface area (Å²) in [6.07, 6.45) is 2.00. The molecule has 0 amide bonds. The van der Waals surface area contributed by atoms with Crippen LogP contribution in [-0.4, -0.2) is 14.9 Å². The number of rotatable bonds is 2. The van der Waals surface area contributed by atoms with Crippen LogP contribution in [0.1, 0.15) is 12.5 Å². The van der Waals surface area contributed by atoms with E-state index in [1.54, 1.807) is 11.8 Å². The maximum atomic E-state index is 5.34. The number of fused-ring (bicyclic) bond motifs is 1. The maximum Gasteiger partial charge on any atom is 0.0799 e. The fourth-order valence-corrected chi connectivity index (χ4v) is 2.56. The first-order chi connectivity index (χ1) is 6.83. The fraction of sp³-hybridized carbons (Fsp3) is 0.182. The van der Waals surface area contributed by atoms with Crippen LogP contribution in [0, 0.1) is 0 Å². The van der Waals surface area contributed by atoms with E-state index in [0.29, 0.717) is 0 Å². The van der Waals surface area contributed by atoms with Crippen LogP contribution < -0.4 is 0 Å². The standard InChI is InChI=1S/C11H11NS2/c1-2-14-11(13)9-7-12-10-6-4-3-5-8(9)10/h3-7,12H,2H2,1H3. The van der Waals surface area contributed by atoms with Crippen molar-refractivity contribution in [1.82, 2.24) is 4.98 Å². The van der Waals surface area contributed by atoms with E-state index in [-0.39, 0.29) is 0 Å². The summed E-state index contributed by atoms with van der Waals surface area (Å²) in [5.41, 5.74) is 2.31. The summed E-state index contributed by atoms with van der Waals surface area (Å²) in [6, 6.07) is 8.24. The minimum atomic E-state index is 0.977. The zero-order chi connectivity index (χ0) is 9.97. The lowest BCUT2D eigenvalue weighted by Gasteiger charge is -1.98. The second kappa shape index (κ2) is 4.15. The number of aromatic nitrogens is 1. The number of para-hydroxylation sites is 1. The number of H-pyrrole nitrogens is 1. The molecule has 1 aromatic heterocycles. The Hall–Kier alpha value is -0.800.